The van der Waals surface area contributed by atoms with Crippen molar-refractivity contribution in [2.24, 2.45) is 0 Å². The number of hydrogen-bond acceptors (Lipinski definition) is 2. The standard InChI is InChI=1S/C29H37O2P/c1(3-14-22-29-30-23-24-31-29)2-4-15-25-32(26-16-8-5-9-17-26,27-18-10-6-11-19-27)28-20-12-7-13-21-28/h5-13,16-21,29,32H,1-4,14-15,22-25H2. The van der Waals surface area contributed by atoms with Crippen LogP contribution in [0.4, 0.5) is 0 Å². The molecule has 1 fully saturated rings. The van der Waals surface area contributed by atoms with Crippen LogP contribution >= 0.6 is 7.26 Å². The number of unbranched alkanes of at least 4 members (excludes halogenated alkanes) is 5. The summed E-state index contributed by atoms with van der Waals surface area (Å²) in [7, 11) is -2.05. The van der Waals surface area contributed by atoms with Gasteiger partial charge in [-0.25, -0.2) is 0 Å². The molecule has 0 aromatic heterocycles. The molecule has 170 valence electrons. The Bertz CT molecular complexity index is 796. The predicted octanol–water partition coefficient (Wildman–Crippen LogP) is 5.82. The molecule has 0 bridgehead atoms. The molecule has 0 saturated carbocycles. The van der Waals surface area contributed by atoms with E-state index >= 15 is 0 Å². The van der Waals surface area contributed by atoms with Crippen LogP contribution in [0.2, 0.25) is 0 Å². The quantitative estimate of drug-likeness (QED) is 0.257. The van der Waals surface area contributed by atoms with Crippen molar-refractivity contribution in [1.29, 1.82) is 0 Å². The second-order valence-electron chi connectivity index (χ2n) is 8.83. The normalized spacial score (nSPS) is 15.1. The molecule has 0 atom stereocenters. The van der Waals surface area contributed by atoms with E-state index in [1.807, 2.05) is 0 Å². The average Bonchev–Trinajstić information content (AvgIpc) is 3.39. The van der Waals surface area contributed by atoms with Gasteiger partial charge >= 0.3 is 194 Å². The fourth-order valence-electron chi connectivity index (χ4n) is 5.08. The fourth-order valence-corrected chi connectivity index (χ4v) is 10.0. The summed E-state index contributed by atoms with van der Waals surface area (Å²) >= 11 is 0. The molecule has 1 saturated heterocycles. The minimum atomic E-state index is -2.05. The molecular weight excluding hydrogens is 411 g/mol. The number of ether oxygens (including phenoxy) is 2. The van der Waals surface area contributed by atoms with Crippen LogP contribution in [-0.4, -0.2) is 25.7 Å². The zero-order valence-corrected chi connectivity index (χ0v) is 20.1. The molecule has 0 amide bonds. The molecule has 0 spiro atoms. The predicted molar refractivity (Wildman–Crippen MR) is 139 cm³/mol. The van der Waals surface area contributed by atoms with E-state index < -0.39 is 7.26 Å². The summed E-state index contributed by atoms with van der Waals surface area (Å²) < 4.78 is 11.1. The molecule has 0 N–H and O–H groups in total. The summed E-state index contributed by atoms with van der Waals surface area (Å²) in [5.41, 5.74) is 0. The van der Waals surface area contributed by atoms with Crippen LogP contribution in [0.5, 0.6) is 0 Å². The van der Waals surface area contributed by atoms with Crippen molar-refractivity contribution in [2.75, 3.05) is 19.4 Å². The monoisotopic (exact) mass is 448 g/mol. The van der Waals surface area contributed by atoms with Crippen molar-refractivity contribution < 1.29 is 9.47 Å². The van der Waals surface area contributed by atoms with Crippen molar-refractivity contribution in [2.45, 2.75) is 51.2 Å². The van der Waals surface area contributed by atoms with Crippen LogP contribution in [0.15, 0.2) is 91.0 Å². The second kappa shape index (κ2) is 12.3. The van der Waals surface area contributed by atoms with Gasteiger partial charge in [-0.05, 0) is 0 Å². The first-order valence-corrected chi connectivity index (χ1v) is 14.5. The van der Waals surface area contributed by atoms with Gasteiger partial charge in [-0.2, -0.15) is 0 Å². The zero-order chi connectivity index (χ0) is 21.9. The van der Waals surface area contributed by atoms with Crippen molar-refractivity contribution in [1.82, 2.24) is 0 Å². The van der Waals surface area contributed by atoms with E-state index in [1.54, 1.807) is 0 Å². The first-order valence-electron chi connectivity index (χ1n) is 12.3. The topological polar surface area (TPSA) is 18.5 Å². The Morgan fingerprint density at radius 2 is 0.938 bits per heavy atom. The van der Waals surface area contributed by atoms with Crippen molar-refractivity contribution in [3.63, 3.8) is 0 Å². The number of benzene rings is 3. The molecular formula is C29H37O2P. The molecule has 3 aromatic carbocycles. The summed E-state index contributed by atoms with van der Waals surface area (Å²) in [6.45, 7) is 1.53. The Morgan fingerprint density at radius 1 is 0.531 bits per heavy atom. The average molecular weight is 449 g/mol. The van der Waals surface area contributed by atoms with Crippen molar-refractivity contribution >= 4 is 23.2 Å². The number of rotatable bonds is 12. The van der Waals surface area contributed by atoms with Gasteiger partial charge in [0.25, 0.3) is 0 Å². The molecule has 1 aliphatic rings. The molecule has 0 aliphatic carbocycles. The first kappa shape index (κ1) is 23.2. The Morgan fingerprint density at radius 3 is 1.41 bits per heavy atom. The van der Waals surface area contributed by atoms with Crippen molar-refractivity contribution in [3.8, 4) is 0 Å². The Labute approximate surface area is 194 Å². The maximum atomic E-state index is 5.54. The van der Waals surface area contributed by atoms with E-state index in [0.717, 1.165) is 19.6 Å². The first-order chi connectivity index (χ1) is 15.9. The third kappa shape index (κ3) is 5.87. The SMILES string of the molecule is c1ccc([PH](CCCCCCCCC2OCCO2)(c2ccccc2)c2ccccc2)cc1. The van der Waals surface area contributed by atoms with Gasteiger partial charge in [0.15, 0.2) is 0 Å². The van der Waals surface area contributed by atoms with Gasteiger partial charge in [-0.1, -0.05) is 0 Å². The maximum absolute atomic E-state index is 5.54. The molecule has 0 radical (unpaired) electrons. The van der Waals surface area contributed by atoms with Gasteiger partial charge in [0, 0.05) is 0 Å². The molecule has 1 heterocycles. The molecule has 32 heavy (non-hydrogen) atoms. The minimum absolute atomic E-state index is 0.0595. The third-order valence-corrected chi connectivity index (χ3v) is 11.8. The molecule has 3 heteroatoms. The van der Waals surface area contributed by atoms with Gasteiger partial charge in [0.2, 0.25) is 0 Å². The van der Waals surface area contributed by atoms with E-state index in [-0.39, 0.29) is 6.29 Å². The van der Waals surface area contributed by atoms with Crippen LogP contribution in [0.1, 0.15) is 44.9 Å². The molecule has 0 unspecified atom stereocenters. The van der Waals surface area contributed by atoms with E-state index in [0.29, 0.717) is 0 Å². The van der Waals surface area contributed by atoms with Gasteiger partial charge in [-0.15, -0.1) is 0 Å². The van der Waals surface area contributed by atoms with E-state index in [2.05, 4.69) is 91.0 Å². The molecule has 1 aliphatic heterocycles. The third-order valence-electron chi connectivity index (χ3n) is 6.73. The Kier molecular flexibility index (Phi) is 8.91. The van der Waals surface area contributed by atoms with Crippen LogP contribution in [0.3, 0.4) is 0 Å². The van der Waals surface area contributed by atoms with E-state index in [4.69, 9.17) is 9.47 Å². The zero-order valence-electron chi connectivity index (χ0n) is 19.1. The molecule has 3 aromatic rings. The van der Waals surface area contributed by atoms with E-state index in [1.165, 1.54) is 60.6 Å². The summed E-state index contributed by atoms with van der Waals surface area (Å²) in [6, 6.07) is 33.8. The summed E-state index contributed by atoms with van der Waals surface area (Å²) in [4.78, 5) is 0. The summed E-state index contributed by atoms with van der Waals surface area (Å²) in [6.07, 6.45) is 10.1. The second-order valence-corrected chi connectivity index (χ2v) is 12.9. The van der Waals surface area contributed by atoms with Gasteiger partial charge < -0.3 is 0 Å². The Balaban J connectivity index is 1.42. The fraction of sp³-hybridized carbons (Fsp3) is 0.379. The Hall–Kier alpha value is -1.99. The van der Waals surface area contributed by atoms with Gasteiger partial charge in [-0.3, -0.25) is 0 Å². The van der Waals surface area contributed by atoms with Crippen LogP contribution in [0, 0.1) is 0 Å². The van der Waals surface area contributed by atoms with Crippen LogP contribution in [0.25, 0.3) is 0 Å². The summed E-state index contributed by atoms with van der Waals surface area (Å²) in [5, 5.41) is 4.57. The number of hydrogen-bond donors (Lipinski definition) is 0. The van der Waals surface area contributed by atoms with E-state index in [9.17, 15) is 0 Å². The van der Waals surface area contributed by atoms with Gasteiger partial charge in [0.1, 0.15) is 0 Å². The van der Waals surface area contributed by atoms with Crippen molar-refractivity contribution in [3.05, 3.63) is 91.0 Å². The van der Waals surface area contributed by atoms with Gasteiger partial charge in [0.05, 0.1) is 0 Å². The van der Waals surface area contributed by atoms with Crippen LogP contribution in [-0.2, 0) is 9.47 Å². The molecule has 2 nitrogen and oxygen atoms in total. The molecule has 4 rings (SSSR count). The van der Waals surface area contributed by atoms with Crippen LogP contribution < -0.4 is 15.9 Å². The summed E-state index contributed by atoms with van der Waals surface area (Å²) in [5.74, 6) is 0.